The van der Waals surface area contributed by atoms with Gasteiger partial charge in [-0.1, -0.05) is 18.2 Å². The van der Waals surface area contributed by atoms with Crippen molar-refractivity contribution in [2.24, 2.45) is 0 Å². The molecule has 1 amide bonds. The minimum atomic E-state index is -0.214. The fourth-order valence-electron chi connectivity index (χ4n) is 2.60. The van der Waals surface area contributed by atoms with Gasteiger partial charge in [0.25, 0.3) is 0 Å². The molecule has 0 aliphatic rings. The summed E-state index contributed by atoms with van der Waals surface area (Å²) < 4.78 is 16.0. The summed E-state index contributed by atoms with van der Waals surface area (Å²) in [6.45, 7) is 3.92. The first kappa shape index (κ1) is 18.4. The molecule has 0 spiro atoms. The second-order valence-corrected chi connectivity index (χ2v) is 5.51. The molecule has 1 N–H and O–H groups in total. The minimum absolute atomic E-state index is 0.214. The van der Waals surface area contributed by atoms with Gasteiger partial charge >= 0.3 is 0 Å². The largest absolute Gasteiger partial charge is 0.493 e. The molecule has 2 rings (SSSR count). The predicted octanol–water partition coefficient (Wildman–Crippen LogP) is 3.98. The number of aryl methyl sites for hydroxylation is 2. The summed E-state index contributed by atoms with van der Waals surface area (Å²) in [5, 5.41) is 2.91. The van der Waals surface area contributed by atoms with Gasteiger partial charge in [0.2, 0.25) is 11.7 Å². The number of ether oxygens (including phenoxy) is 3. The Hall–Kier alpha value is -2.95. The topological polar surface area (TPSA) is 56.8 Å². The summed E-state index contributed by atoms with van der Waals surface area (Å²) in [4.78, 5) is 12.3. The molecule has 0 fully saturated rings. The van der Waals surface area contributed by atoms with Crippen LogP contribution in [0.15, 0.2) is 36.4 Å². The Bertz CT molecular complexity index is 776. The van der Waals surface area contributed by atoms with Gasteiger partial charge in [0.15, 0.2) is 11.5 Å². The highest BCUT2D eigenvalue weighted by molar-refractivity contribution is 6.03. The Morgan fingerprint density at radius 3 is 2.12 bits per heavy atom. The van der Waals surface area contributed by atoms with Crippen LogP contribution >= 0.6 is 0 Å². The first-order chi connectivity index (χ1) is 12.0. The van der Waals surface area contributed by atoms with Gasteiger partial charge in [-0.25, -0.2) is 0 Å². The van der Waals surface area contributed by atoms with Crippen molar-refractivity contribution in [3.05, 3.63) is 53.1 Å². The van der Waals surface area contributed by atoms with Crippen LogP contribution in [0.3, 0.4) is 0 Å². The number of hydrogen-bond donors (Lipinski definition) is 1. The molecule has 2 aromatic carbocycles. The lowest BCUT2D eigenvalue weighted by molar-refractivity contribution is -0.111. The SMILES string of the molecule is COc1ccc(/C=C/C(=O)Nc2c(C)cccc2C)c(OC)c1OC. The average molecular weight is 341 g/mol. The number of nitrogens with one attached hydrogen (secondary N) is 1. The van der Waals surface area contributed by atoms with Crippen molar-refractivity contribution in [3.8, 4) is 17.2 Å². The van der Waals surface area contributed by atoms with Gasteiger partial charge in [-0.3, -0.25) is 4.79 Å². The van der Waals surface area contributed by atoms with E-state index in [1.165, 1.54) is 6.08 Å². The van der Waals surface area contributed by atoms with E-state index in [1.54, 1.807) is 33.5 Å². The third-order valence-electron chi connectivity index (χ3n) is 3.88. The van der Waals surface area contributed by atoms with Crippen LogP contribution in [0, 0.1) is 13.8 Å². The number of carbonyl (C=O) groups excluding carboxylic acids is 1. The van der Waals surface area contributed by atoms with Crippen molar-refractivity contribution < 1.29 is 19.0 Å². The highest BCUT2D eigenvalue weighted by Gasteiger charge is 2.14. The fraction of sp³-hybridized carbons (Fsp3) is 0.250. The van der Waals surface area contributed by atoms with E-state index in [4.69, 9.17) is 14.2 Å². The average Bonchev–Trinajstić information content (AvgIpc) is 2.62. The first-order valence-electron chi connectivity index (χ1n) is 7.86. The normalized spacial score (nSPS) is 10.6. The van der Waals surface area contributed by atoms with Crippen LogP contribution in [-0.2, 0) is 4.79 Å². The lowest BCUT2D eigenvalue weighted by Crippen LogP contribution is -2.10. The Balaban J connectivity index is 2.25. The zero-order valence-corrected chi connectivity index (χ0v) is 15.2. The van der Waals surface area contributed by atoms with Gasteiger partial charge < -0.3 is 19.5 Å². The molecule has 0 aliphatic heterocycles. The molecule has 0 aromatic heterocycles. The Kier molecular flexibility index (Phi) is 6.06. The molecule has 0 saturated heterocycles. The summed E-state index contributed by atoms with van der Waals surface area (Å²) in [6.07, 6.45) is 3.15. The molecular formula is C20H23NO4. The van der Waals surface area contributed by atoms with Gasteiger partial charge in [-0.05, 0) is 43.2 Å². The van der Waals surface area contributed by atoms with Gasteiger partial charge in [-0.15, -0.1) is 0 Å². The Morgan fingerprint density at radius 2 is 1.56 bits per heavy atom. The van der Waals surface area contributed by atoms with Gasteiger partial charge in [0.1, 0.15) is 0 Å². The van der Waals surface area contributed by atoms with Crippen molar-refractivity contribution in [2.75, 3.05) is 26.6 Å². The lowest BCUT2D eigenvalue weighted by Gasteiger charge is -2.14. The van der Waals surface area contributed by atoms with Crippen LogP contribution in [-0.4, -0.2) is 27.2 Å². The van der Waals surface area contributed by atoms with Crippen LogP contribution < -0.4 is 19.5 Å². The molecule has 0 saturated carbocycles. The maximum Gasteiger partial charge on any atom is 0.248 e. The number of benzene rings is 2. The smallest absolute Gasteiger partial charge is 0.248 e. The second kappa shape index (κ2) is 8.24. The highest BCUT2D eigenvalue weighted by Crippen LogP contribution is 2.40. The van der Waals surface area contributed by atoms with Crippen LogP contribution in [0.1, 0.15) is 16.7 Å². The molecule has 5 heteroatoms. The number of rotatable bonds is 6. The summed E-state index contributed by atoms with van der Waals surface area (Å²) in [7, 11) is 4.65. The van der Waals surface area contributed by atoms with E-state index < -0.39 is 0 Å². The van der Waals surface area contributed by atoms with E-state index in [0.717, 1.165) is 22.4 Å². The Morgan fingerprint density at radius 1 is 0.920 bits per heavy atom. The maximum absolute atomic E-state index is 12.3. The number of anilines is 1. The third kappa shape index (κ3) is 4.12. The Labute approximate surface area is 148 Å². The van der Waals surface area contributed by atoms with Crippen molar-refractivity contribution in [2.45, 2.75) is 13.8 Å². The molecule has 5 nitrogen and oxygen atoms in total. The van der Waals surface area contributed by atoms with E-state index in [9.17, 15) is 4.79 Å². The van der Waals surface area contributed by atoms with Gasteiger partial charge in [-0.2, -0.15) is 0 Å². The molecule has 0 bridgehead atoms. The summed E-state index contributed by atoms with van der Waals surface area (Å²) in [5.41, 5.74) is 3.59. The van der Waals surface area contributed by atoms with Crippen molar-refractivity contribution >= 4 is 17.7 Å². The number of methoxy groups -OCH3 is 3. The van der Waals surface area contributed by atoms with Crippen molar-refractivity contribution in [1.82, 2.24) is 0 Å². The summed E-state index contributed by atoms with van der Waals surface area (Å²) >= 11 is 0. The fourth-order valence-corrected chi connectivity index (χ4v) is 2.60. The van der Waals surface area contributed by atoms with E-state index >= 15 is 0 Å². The van der Waals surface area contributed by atoms with Crippen LogP contribution in [0.25, 0.3) is 6.08 Å². The second-order valence-electron chi connectivity index (χ2n) is 5.51. The highest BCUT2D eigenvalue weighted by atomic mass is 16.5. The zero-order valence-electron chi connectivity index (χ0n) is 15.2. The maximum atomic E-state index is 12.3. The molecule has 0 unspecified atom stereocenters. The molecule has 132 valence electrons. The lowest BCUT2D eigenvalue weighted by atomic mass is 10.1. The number of amides is 1. The molecule has 0 atom stereocenters. The molecule has 0 radical (unpaired) electrons. The van der Waals surface area contributed by atoms with E-state index in [2.05, 4.69) is 5.32 Å². The molecule has 25 heavy (non-hydrogen) atoms. The first-order valence-corrected chi connectivity index (χ1v) is 7.86. The predicted molar refractivity (Wildman–Crippen MR) is 99.7 cm³/mol. The van der Waals surface area contributed by atoms with Crippen LogP contribution in [0.4, 0.5) is 5.69 Å². The van der Waals surface area contributed by atoms with Gasteiger partial charge in [0, 0.05) is 17.3 Å². The monoisotopic (exact) mass is 341 g/mol. The third-order valence-corrected chi connectivity index (χ3v) is 3.88. The number of para-hydroxylation sites is 1. The minimum Gasteiger partial charge on any atom is -0.493 e. The van der Waals surface area contributed by atoms with Crippen molar-refractivity contribution in [1.29, 1.82) is 0 Å². The zero-order chi connectivity index (χ0) is 18.4. The number of hydrogen-bond acceptors (Lipinski definition) is 4. The molecule has 2 aromatic rings. The van der Waals surface area contributed by atoms with Crippen LogP contribution in [0.5, 0.6) is 17.2 Å². The van der Waals surface area contributed by atoms with Gasteiger partial charge in [0.05, 0.1) is 21.3 Å². The van der Waals surface area contributed by atoms with E-state index in [-0.39, 0.29) is 5.91 Å². The molecular weight excluding hydrogens is 318 g/mol. The van der Waals surface area contributed by atoms with Crippen LogP contribution in [0.2, 0.25) is 0 Å². The standard InChI is InChI=1S/C20H23NO4/c1-13-7-6-8-14(2)18(13)21-17(22)12-10-15-9-11-16(23-3)20(25-5)19(15)24-4/h6-12H,1-5H3,(H,21,22)/b12-10+. The summed E-state index contributed by atoms with van der Waals surface area (Å²) in [6, 6.07) is 9.46. The van der Waals surface area contributed by atoms with E-state index in [1.807, 2.05) is 38.1 Å². The number of carbonyl (C=O) groups is 1. The van der Waals surface area contributed by atoms with E-state index in [0.29, 0.717) is 17.2 Å². The quantitative estimate of drug-likeness (QED) is 0.808. The van der Waals surface area contributed by atoms with Crippen molar-refractivity contribution in [3.63, 3.8) is 0 Å². The molecule has 0 heterocycles. The molecule has 0 aliphatic carbocycles. The summed E-state index contributed by atoms with van der Waals surface area (Å²) in [5.74, 6) is 1.35.